The quantitative estimate of drug-likeness (QED) is 0.627. The van der Waals surface area contributed by atoms with Gasteiger partial charge in [-0.2, -0.15) is 0 Å². The van der Waals surface area contributed by atoms with Crippen LogP contribution in [-0.4, -0.2) is 30.7 Å². The first-order valence-corrected chi connectivity index (χ1v) is 8.57. The van der Waals surface area contributed by atoms with Crippen molar-refractivity contribution in [2.45, 2.75) is 26.4 Å². The number of fused-ring (bicyclic) bond motifs is 1. The number of carbonyl (C=O) groups excluding carboxylic acids is 1. The van der Waals surface area contributed by atoms with Crippen LogP contribution in [0.25, 0.3) is 6.08 Å². The third-order valence-electron chi connectivity index (χ3n) is 4.21. The van der Waals surface area contributed by atoms with Crippen molar-refractivity contribution in [3.05, 3.63) is 53.1 Å². The number of phenolic OH excluding ortho intramolecular Hbond substituents is 1. The van der Waals surface area contributed by atoms with Gasteiger partial charge in [0.2, 0.25) is 0 Å². The zero-order valence-corrected chi connectivity index (χ0v) is 15.1. The number of methoxy groups -OCH3 is 1. The minimum absolute atomic E-state index is 0.00319. The van der Waals surface area contributed by atoms with Crippen LogP contribution in [0, 0.1) is 0 Å². The zero-order valence-electron chi connectivity index (χ0n) is 15.1. The number of allylic oxidation sites excluding steroid dienone is 1. The van der Waals surface area contributed by atoms with Gasteiger partial charge in [0.1, 0.15) is 17.6 Å². The maximum Gasteiger partial charge on any atom is 0.185 e. The fourth-order valence-electron chi connectivity index (χ4n) is 2.96. The van der Waals surface area contributed by atoms with Gasteiger partial charge in [-0.1, -0.05) is 0 Å². The van der Waals surface area contributed by atoms with Gasteiger partial charge in [-0.05, 0) is 56.3 Å². The van der Waals surface area contributed by atoms with E-state index in [9.17, 15) is 9.90 Å². The van der Waals surface area contributed by atoms with Crippen LogP contribution in [0.5, 0.6) is 23.0 Å². The van der Waals surface area contributed by atoms with Crippen LogP contribution >= 0.6 is 0 Å². The number of ketones is 1. The van der Waals surface area contributed by atoms with Gasteiger partial charge >= 0.3 is 0 Å². The second-order valence-electron chi connectivity index (χ2n) is 6.15. The maximum atomic E-state index is 12.5. The average Bonchev–Trinajstić information content (AvgIpc) is 2.99. The van der Waals surface area contributed by atoms with Crippen molar-refractivity contribution >= 4 is 11.9 Å². The lowest BCUT2D eigenvalue weighted by molar-refractivity contribution is 0.104. The van der Waals surface area contributed by atoms with Crippen molar-refractivity contribution < 1.29 is 24.1 Å². The second kappa shape index (κ2) is 7.52. The van der Waals surface area contributed by atoms with E-state index in [-0.39, 0.29) is 23.4 Å². The first-order chi connectivity index (χ1) is 12.5. The zero-order chi connectivity index (χ0) is 18.7. The number of aromatic hydroxyl groups is 1. The molecule has 2 aromatic rings. The molecule has 3 rings (SSSR count). The number of carbonyl (C=O) groups is 1. The summed E-state index contributed by atoms with van der Waals surface area (Å²) in [7, 11) is 1.44. The Bertz CT molecular complexity index is 854. The molecule has 1 N–H and O–H groups in total. The van der Waals surface area contributed by atoms with Gasteiger partial charge in [-0.25, -0.2) is 0 Å². The summed E-state index contributed by atoms with van der Waals surface area (Å²) in [5.74, 6) is 1.63. The van der Waals surface area contributed by atoms with E-state index in [1.807, 2.05) is 26.0 Å². The number of benzene rings is 2. The molecule has 1 heterocycles. The Kier molecular flexibility index (Phi) is 5.16. The van der Waals surface area contributed by atoms with Gasteiger partial charge < -0.3 is 19.3 Å². The van der Waals surface area contributed by atoms with Gasteiger partial charge in [0, 0.05) is 23.1 Å². The molecule has 0 amide bonds. The van der Waals surface area contributed by atoms with Crippen molar-refractivity contribution in [3.63, 3.8) is 0 Å². The van der Waals surface area contributed by atoms with Crippen LogP contribution in [0.3, 0.4) is 0 Å². The molecule has 0 aliphatic carbocycles. The van der Waals surface area contributed by atoms with E-state index in [4.69, 9.17) is 14.2 Å². The predicted octanol–water partition coefficient (Wildman–Crippen LogP) is 4.02. The molecular formula is C21H22O5. The summed E-state index contributed by atoms with van der Waals surface area (Å²) < 4.78 is 16.6. The summed E-state index contributed by atoms with van der Waals surface area (Å²) >= 11 is 0. The molecular weight excluding hydrogens is 332 g/mol. The summed E-state index contributed by atoms with van der Waals surface area (Å²) in [6.07, 6.45) is 4.20. The Morgan fingerprint density at radius 3 is 2.85 bits per heavy atom. The molecule has 0 saturated carbocycles. The van der Waals surface area contributed by atoms with Crippen LogP contribution in [-0.2, 0) is 6.42 Å². The number of hydrogen-bond acceptors (Lipinski definition) is 5. The van der Waals surface area contributed by atoms with E-state index in [1.54, 1.807) is 12.1 Å². The molecule has 1 aliphatic heterocycles. The lowest BCUT2D eigenvalue weighted by atomic mass is 10.0. The number of rotatable bonds is 6. The number of ether oxygens (including phenoxy) is 3. The SMILES string of the molecule is CCOc1cc2c(cc1/C=C/C(=O)c1ccc(O)c(OC)c1)OC(C)C2. The molecule has 0 aromatic heterocycles. The molecule has 1 atom stereocenters. The highest BCUT2D eigenvalue weighted by atomic mass is 16.5. The van der Waals surface area contributed by atoms with E-state index in [2.05, 4.69) is 0 Å². The normalized spacial score (nSPS) is 15.6. The van der Waals surface area contributed by atoms with E-state index in [1.165, 1.54) is 25.3 Å². The fourth-order valence-corrected chi connectivity index (χ4v) is 2.96. The smallest absolute Gasteiger partial charge is 0.185 e. The molecule has 0 bridgehead atoms. The molecule has 0 fully saturated rings. The highest BCUT2D eigenvalue weighted by Crippen LogP contribution is 2.36. The molecule has 5 heteroatoms. The first kappa shape index (κ1) is 17.9. The lowest BCUT2D eigenvalue weighted by Crippen LogP contribution is -2.05. The lowest BCUT2D eigenvalue weighted by Gasteiger charge is -2.10. The predicted molar refractivity (Wildman–Crippen MR) is 99.4 cm³/mol. The van der Waals surface area contributed by atoms with Gasteiger partial charge in [-0.15, -0.1) is 0 Å². The largest absolute Gasteiger partial charge is 0.504 e. The molecule has 0 saturated heterocycles. The van der Waals surface area contributed by atoms with Crippen molar-refractivity contribution in [1.82, 2.24) is 0 Å². The summed E-state index contributed by atoms with van der Waals surface area (Å²) in [5.41, 5.74) is 2.34. The summed E-state index contributed by atoms with van der Waals surface area (Å²) in [4.78, 5) is 12.5. The van der Waals surface area contributed by atoms with Crippen LogP contribution in [0.15, 0.2) is 36.4 Å². The highest BCUT2D eigenvalue weighted by molar-refractivity contribution is 6.07. The maximum absolute atomic E-state index is 12.5. The summed E-state index contributed by atoms with van der Waals surface area (Å²) in [5, 5.41) is 9.65. The van der Waals surface area contributed by atoms with Gasteiger partial charge in [-0.3, -0.25) is 4.79 Å². The van der Waals surface area contributed by atoms with Crippen LogP contribution in [0.4, 0.5) is 0 Å². The molecule has 0 radical (unpaired) electrons. The average molecular weight is 354 g/mol. The number of hydrogen-bond donors (Lipinski definition) is 1. The summed E-state index contributed by atoms with van der Waals surface area (Å²) in [6, 6.07) is 8.40. The topological polar surface area (TPSA) is 65.0 Å². The molecule has 0 spiro atoms. The third-order valence-corrected chi connectivity index (χ3v) is 4.21. The van der Waals surface area contributed by atoms with Crippen molar-refractivity contribution in [2.24, 2.45) is 0 Å². The third kappa shape index (κ3) is 3.67. The van der Waals surface area contributed by atoms with Gasteiger partial charge in [0.05, 0.1) is 13.7 Å². The Balaban J connectivity index is 1.88. The minimum atomic E-state index is -0.194. The van der Waals surface area contributed by atoms with Crippen molar-refractivity contribution in [2.75, 3.05) is 13.7 Å². The minimum Gasteiger partial charge on any atom is -0.504 e. The highest BCUT2D eigenvalue weighted by Gasteiger charge is 2.21. The Morgan fingerprint density at radius 1 is 1.31 bits per heavy atom. The number of phenols is 1. The Labute approximate surface area is 152 Å². The first-order valence-electron chi connectivity index (χ1n) is 8.57. The summed E-state index contributed by atoms with van der Waals surface area (Å²) in [6.45, 7) is 4.49. The van der Waals surface area contributed by atoms with E-state index in [0.717, 1.165) is 29.0 Å². The Hall–Kier alpha value is -2.95. The van der Waals surface area contributed by atoms with Gasteiger partial charge in [0.15, 0.2) is 17.3 Å². The molecule has 2 aromatic carbocycles. The van der Waals surface area contributed by atoms with E-state index >= 15 is 0 Å². The standard InChI is InChI=1S/C21H22O5/c1-4-25-19-12-16-9-13(2)26-20(16)11-15(19)6-7-17(22)14-5-8-18(23)21(10-14)24-3/h5-8,10-13,23H,4,9H2,1-3H3/b7-6+. The van der Waals surface area contributed by atoms with E-state index < -0.39 is 0 Å². The Morgan fingerprint density at radius 2 is 2.12 bits per heavy atom. The van der Waals surface area contributed by atoms with E-state index in [0.29, 0.717) is 12.2 Å². The monoisotopic (exact) mass is 354 g/mol. The molecule has 1 unspecified atom stereocenters. The van der Waals surface area contributed by atoms with Crippen molar-refractivity contribution in [3.8, 4) is 23.0 Å². The molecule has 5 nitrogen and oxygen atoms in total. The molecule has 1 aliphatic rings. The van der Waals surface area contributed by atoms with Crippen LogP contribution < -0.4 is 14.2 Å². The van der Waals surface area contributed by atoms with Crippen LogP contribution in [0.2, 0.25) is 0 Å². The second-order valence-corrected chi connectivity index (χ2v) is 6.15. The fraction of sp³-hybridized carbons (Fsp3) is 0.286. The molecule has 136 valence electrons. The van der Waals surface area contributed by atoms with Crippen LogP contribution in [0.1, 0.15) is 35.3 Å². The van der Waals surface area contributed by atoms with Crippen molar-refractivity contribution in [1.29, 1.82) is 0 Å². The molecule has 26 heavy (non-hydrogen) atoms. The van der Waals surface area contributed by atoms with Gasteiger partial charge in [0.25, 0.3) is 0 Å².